The van der Waals surface area contributed by atoms with E-state index in [1.807, 2.05) is 12.1 Å². The Hall–Kier alpha value is -4.98. The number of hydrogen-bond acceptors (Lipinski definition) is 8. The summed E-state index contributed by atoms with van der Waals surface area (Å²) in [7, 11) is -3.16. The number of nitro benzene ring substituents is 1. The average molecular weight is 509 g/mol. The minimum atomic E-state index is -3.16. The van der Waals surface area contributed by atoms with Crippen molar-refractivity contribution in [3.8, 4) is 23.6 Å². The largest absolute Gasteiger partial charge is 0.677 e. The molecule has 2 heterocycles. The molecule has 0 saturated heterocycles. The van der Waals surface area contributed by atoms with Gasteiger partial charge < -0.3 is 19.4 Å². The van der Waals surface area contributed by atoms with Crippen molar-refractivity contribution < 1.29 is 33.3 Å². The van der Waals surface area contributed by atoms with Crippen LogP contribution < -0.4 is 4.74 Å². The molecule has 3 rings (SSSR count). The first-order valence-electron chi connectivity index (χ1n) is 10.5. The predicted octanol–water partition coefficient (Wildman–Crippen LogP) is 3.90. The van der Waals surface area contributed by atoms with Gasteiger partial charge in [0.15, 0.2) is 12.4 Å². The van der Waals surface area contributed by atoms with E-state index in [1.54, 1.807) is 0 Å². The molecule has 14 heteroatoms. The van der Waals surface area contributed by atoms with Crippen LogP contribution in [0.25, 0.3) is 5.57 Å². The molecule has 0 fully saturated rings. The summed E-state index contributed by atoms with van der Waals surface area (Å²) in [6.45, 7) is 4.80. The maximum atomic E-state index is 14.4. The third-order valence-electron chi connectivity index (χ3n) is 5.85. The van der Waals surface area contributed by atoms with Gasteiger partial charge in [0.05, 0.1) is 27.5 Å². The number of halogens is 2. The lowest BCUT2D eigenvalue weighted by molar-refractivity contribution is -0.385. The fraction of sp³-hybridized carbons (Fsp3) is 0.217. The summed E-state index contributed by atoms with van der Waals surface area (Å²) in [6, 6.07) is 5.50. The van der Waals surface area contributed by atoms with E-state index < -0.39 is 36.3 Å². The number of nitro groups is 1. The highest BCUT2D eigenvalue weighted by atomic mass is 19.2. The third-order valence-corrected chi connectivity index (χ3v) is 5.85. The standard InChI is InChI=1S/C23H18BF2N5O6/c1-10-15(7-27)12(3)29-22(10)21(23-11(2)16(8-28)13(4)30(23)24(25)26)14-5-17(31(35)36)18(32)6-19(14)37-9-20(33)34/h5-6,32H,9H2,1-4H3,(H,33,34)/b22-21-. The van der Waals surface area contributed by atoms with Crippen molar-refractivity contribution in [2.75, 3.05) is 6.61 Å². The van der Waals surface area contributed by atoms with Gasteiger partial charge in [-0.2, -0.15) is 10.5 Å². The number of aromatic nitrogens is 1. The van der Waals surface area contributed by atoms with E-state index >= 15 is 0 Å². The topological polar surface area (TPSA) is 175 Å². The lowest BCUT2D eigenvalue weighted by atomic mass is 9.92. The molecule has 0 saturated carbocycles. The maximum Gasteiger partial charge on any atom is 0.677 e. The van der Waals surface area contributed by atoms with Crippen molar-refractivity contribution in [3.05, 3.63) is 67.2 Å². The second-order valence-corrected chi connectivity index (χ2v) is 8.00. The smallest absolute Gasteiger partial charge is 0.502 e. The number of aromatic hydroxyl groups is 1. The Morgan fingerprint density at radius 2 is 1.89 bits per heavy atom. The van der Waals surface area contributed by atoms with Gasteiger partial charge in [-0.3, -0.25) is 23.7 Å². The van der Waals surface area contributed by atoms with Gasteiger partial charge in [-0.1, -0.05) is 0 Å². The zero-order valence-electron chi connectivity index (χ0n) is 20.0. The molecule has 188 valence electrons. The summed E-state index contributed by atoms with van der Waals surface area (Å²) in [5.74, 6) is -2.65. The van der Waals surface area contributed by atoms with Crippen LogP contribution in [0.15, 0.2) is 34.0 Å². The zero-order valence-corrected chi connectivity index (χ0v) is 20.0. The molecule has 0 spiro atoms. The van der Waals surface area contributed by atoms with E-state index in [2.05, 4.69) is 4.99 Å². The highest BCUT2D eigenvalue weighted by Crippen LogP contribution is 2.45. The summed E-state index contributed by atoms with van der Waals surface area (Å²) in [6.07, 6.45) is 0. The van der Waals surface area contributed by atoms with E-state index in [4.69, 9.17) is 9.84 Å². The summed E-state index contributed by atoms with van der Waals surface area (Å²) in [5, 5.41) is 50.2. The number of aliphatic carboxylic acids is 1. The Kier molecular flexibility index (Phi) is 7.16. The van der Waals surface area contributed by atoms with Crippen LogP contribution in [0.3, 0.4) is 0 Å². The van der Waals surface area contributed by atoms with Crippen LogP contribution in [0.5, 0.6) is 11.5 Å². The first-order chi connectivity index (χ1) is 17.3. The van der Waals surface area contributed by atoms with Gasteiger partial charge in [0, 0.05) is 34.7 Å². The Balaban J connectivity index is 2.62. The van der Waals surface area contributed by atoms with Crippen LogP contribution in [0.1, 0.15) is 41.9 Å². The first-order valence-corrected chi connectivity index (χ1v) is 10.5. The normalized spacial score (nSPS) is 14.1. The number of aliphatic imine (C=N–C) groups is 1. The quantitative estimate of drug-likeness (QED) is 0.321. The molecular formula is C23H18BF2N5O6. The van der Waals surface area contributed by atoms with E-state index in [-0.39, 0.29) is 62.0 Å². The van der Waals surface area contributed by atoms with Gasteiger partial charge in [0.2, 0.25) is 0 Å². The molecule has 2 aromatic rings. The van der Waals surface area contributed by atoms with E-state index in [9.17, 15) is 39.2 Å². The molecule has 11 nitrogen and oxygen atoms in total. The van der Waals surface area contributed by atoms with Gasteiger partial charge in [0.1, 0.15) is 17.9 Å². The molecule has 0 aliphatic carbocycles. The second-order valence-electron chi connectivity index (χ2n) is 8.00. The number of carboxylic acid groups (broad SMARTS) is 1. The van der Waals surface area contributed by atoms with Gasteiger partial charge in [0.25, 0.3) is 0 Å². The number of rotatable bonds is 7. The molecule has 1 aromatic heterocycles. The van der Waals surface area contributed by atoms with Crippen molar-refractivity contribution >= 4 is 30.3 Å². The predicted molar refractivity (Wildman–Crippen MR) is 127 cm³/mol. The van der Waals surface area contributed by atoms with Gasteiger partial charge in [-0.05, 0) is 38.8 Å². The molecule has 0 unspecified atom stereocenters. The van der Waals surface area contributed by atoms with Crippen molar-refractivity contribution in [3.63, 3.8) is 0 Å². The van der Waals surface area contributed by atoms with E-state index in [1.165, 1.54) is 27.7 Å². The van der Waals surface area contributed by atoms with Gasteiger partial charge in [-0.15, -0.1) is 0 Å². The lowest BCUT2D eigenvalue weighted by Crippen LogP contribution is -2.19. The number of phenols is 1. The van der Waals surface area contributed by atoms with Crippen LogP contribution in [0, 0.1) is 46.6 Å². The van der Waals surface area contributed by atoms with Crippen LogP contribution >= 0.6 is 0 Å². The van der Waals surface area contributed by atoms with E-state index in [0.29, 0.717) is 4.48 Å². The van der Waals surface area contributed by atoms with Crippen LogP contribution in [-0.2, 0) is 4.79 Å². The minimum Gasteiger partial charge on any atom is -0.502 e. The molecule has 0 radical (unpaired) electrons. The third kappa shape index (κ3) is 4.52. The summed E-state index contributed by atoms with van der Waals surface area (Å²) >= 11 is 0. The van der Waals surface area contributed by atoms with Gasteiger partial charge >= 0.3 is 19.1 Å². The Labute approximate surface area is 209 Å². The van der Waals surface area contributed by atoms with Crippen molar-refractivity contribution in [2.45, 2.75) is 27.7 Å². The number of phenolic OH excluding ortho intramolecular Hbond substituents is 1. The molecule has 0 bridgehead atoms. The number of benzene rings is 1. The average Bonchev–Trinajstić information content (AvgIpc) is 3.24. The number of carbonyl (C=O) groups is 1. The van der Waals surface area contributed by atoms with Crippen LogP contribution in [0.4, 0.5) is 14.3 Å². The van der Waals surface area contributed by atoms with Gasteiger partial charge in [-0.25, -0.2) is 4.79 Å². The van der Waals surface area contributed by atoms with E-state index in [0.717, 1.165) is 12.1 Å². The number of allylic oxidation sites excluding steroid dienone is 2. The summed E-state index contributed by atoms with van der Waals surface area (Å²) < 4.78 is 34.6. The van der Waals surface area contributed by atoms with Crippen LogP contribution in [0.2, 0.25) is 0 Å². The Morgan fingerprint density at radius 1 is 1.24 bits per heavy atom. The lowest BCUT2D eigenvalue weighted by Gasteiger charge is -2.19. The molecule has 1 aliphatic rings. The molecule has 2 N–H and O–H groups in total. The highest BCUT2D eigenvalue weighted by molar-refractivity contribution is 6.41. The zero-order chi connectivity index (χ0) is 27.8. The molecular weight excluding hydrogens is 491 g/mol. The number of carboxylic acids is 1. The maximum absolute atomic E-state index is 14.4. The fourth-order valence-corrected chi connectivity index (χ4v) is 4.21. The Morgan fingerprint density at radius 3 is 2.38 bits per heavy atom. The number of ether oxygens (including phenoxy) is 1. The highest BCUT2D eigenvalue weighted by Gasteiger charge is 2.35. The second kappa shape index (κ2) is 9.95. The summed E-state index contributed by atoms with van der Waals surface area (Å²) in [4.78, 5) is 26.3. The monoisotopic (exact) mass is 509 g/mol. The number of nitrogens with zero attached hydrogens (tertiary/aromatic N) is 5. The van der Waals surface area contributed by atoms with Crippen molar-refractivity contribution in [1.29, 1.82) is 10.5 Å². The fourth-order valence-electron chi connectivity index (χ4n) is 4.21. The molecule has 37 heavy (non-hydrogen) atoms. The first kappa shape index (κ1) is 26.6. The molecule has 1 aromatic carbocycles. The Bertz CT molecular complexity index is 1540. The number of hydrogen-bond donors (Lipinski definition) is 2. The summed E-state index contributed by atoms with van der Waals surface area (Å²) in [5.41, 5.74) is -0.924. The van der Waals surface area contributed by atoms with Crippen molar-refractivity contribution in [1.82, 2.24) is 4.48 Å². The molecule has 0 amide bonds. The SMILES string of the molecule is CC1=N/C(=C(/c2cc([N+](=O)[O-])c(O)cc2OCC(=O)O)c2c(C)c(C#N)c(C)n2B(F)F)C(C)=C1C#N. The van der Waals surface area contributed by atoms with Crippen LogP contribution in [-0.4, -0.2) is 45.3 Å². The number of nitriles is 2. The minimum absolute atomic E-state index is 0.0128. The van der Waals surface area contributed by atoms with Crippen molar-refractivity contribution in [2.24, 2.45) is 4.99 Å². The molecule has 0 atom stereocenters. The molecule has 1 aliphatic heterocycles.